The Labute approximate surface area is 104 Å². The Kier molecular flexibility index (Phi) is 5.73. The van der Waals surface area contributed by atoms with Crippen molar-refractivity contribution in [2.45, 2.75) is 59.1 Å². The maximum Gasteiger partial charge on any atom is 0.226 e. The van der Waals surface area contributed by atoms with Crippen LogP contribution in [0.1, 0.15) is 47.0 Å². The summed E-state index contributed by atoms with van der Waals surface area (Å²) in [6.45, 7) is 8.31. The third-order valence-corrected chi connectivity index (χ3v) is 2.35. The van der Waals surface area contributed by atoms with Crippen LogP contribution in [0.15, 0.2) is 12.3 Å². The second-order valence-corrected chi connectivity index (χ2v) is 4.57. The molecule has 0 radical (unpaired) electrons. The topological polar surface area (TPSA) is 47.0 Å². The summed E-state index contributed by atoms with van der Waals surface area (Å²) in [7, 11) is 0. The Morgan fingerprint density at radius 1 is 1.35 bits per heavy atom. The van der Waals surface area contributed by atoms with Crippen molar-refractivity contribution < 1.29 is 4.74 Å². The van der Waals surface area contributed by atoms with Crippen molar-refractivity contribution in [2.75, 3.05) is 5.32 Å². The van der Waals surface area contributed by atoms with Crippen LogP contribution in [0.3, 0.4) is 0 Å². The average molecular weight is 237 g/mol. The second-order valence-electron chi connectivity index (χ2n) is 4.57. The lowest BCUT2D eigenvalue weighted by molar-refractivity contribution is 0.232. The van der Waals surface area contributed by atoms with Crippen molar-refractivity contribution in [2.24, 2.45) is 0 Å². The van der Waals surface area contributed by atoms with E-state index in [1.807, 2.05) is 13.8 Å². The molecule has 1 aromatic rings. The third kappa shape index (κ3) is 5.52. The minimum absolute atomic E-state index is 0.135. The first-order chi connectivity index (χ1) is 8.11. The number of unbranched alkanes of at least 4 members (excludes halogenated alkanes) is 1. The highest BCUT2D eigenvalue weighted by Gasteiger charge is 2.05. The van der Waals surface area contributed by atoms with Crippen molar-refractivity contribution in [3.8, 4) is 5.88 Å². The van der Waals surface area contributed by atoms with Gasteiger partial charge in [0.25, 0.3) is 0 Å². The second kappa shape index (κ2) is 7.09. The van der Waals surface area contributed by atoms with Gasteiger partial charge in [-0.2, -0.15) is 4.98 Å². The molecule has 0 amide bonds. The van der Waals surface area contributed by atoms with E-state index in [2.05, 4.69) is 29.1 Å². The summed E-state index contributed by atoms with van der Waals surface area (Å²) < 4.78 is 5.53. The Hall–Kier alpha value is -1.32. The van der Waals surface area contributed by atoms with Gasteiger partial charge < -0.3 is 10.1 Å². The van der Waals surface area contributed by atoms with Gasteiger partial charge in [-0.05, 0) is 27.2 Å². The highest BCUT2D eigenvalue weighted by atomic mass is 16.5. The fraction of sp³-hybridized carbons (Fsp3) is 0.692. The normalized spacial score (nSPS) is 12.5. The lowest BCUT2D eigenvalue weighted by Crippen LogP contribution is -2.17. The standard InChI is InChI=1S/C13H23N3O/c1-5-6-7-11(4)15-13-14-9-8-12(16-13)17-10(2)3/h8-11H,5-7H2,1-4H3,(H,14,15,16). The number of nitrogens with one attached hydrogen (secondary N) is 1. The molecule has 0 aliphatic rings. The van der Waals surface area contributed by atoms with E-state index in [4.69, 9.17) is 4.74 Å². The molecule has 0 aromatic carbocycles. The summed E-state index contributed by atoms with van der Waals surface area (Å²) in [5.41, 5.74) is 0. The molecule has 0 saturated heterocycles. The first-order valence-electron chi connectivity index (χ1n) is 6.38. The molecule has 1 heterocycles. The van der Waals surface area contributed by atoms with E-state index in [1.54, 1.807) is 12.3 Å². The van der Waals surface area contributed by atoms with E-state index in [9.17, 15) is 0 Å². The van der Waals surface area contributed by atoms with Crippen molar-refractivity contribution in [1.29, 1.82) is 0 Å². The average Bonchev–Trinajstić information content (AvgIpc) is 2.26. The van der Waals surface area contributed by atoms with E-state index in [0.717, 1.165) is 6.42 Å². The predicted molar refractivity (Wildman–Crippen MR) is 70.4 cm³/mol. The SMILES string of the molecule is CCCCC(C)Nc1nccc(OC(C)C)n1. The van der Waals surface area contributed by atoms with E-state index < -0.39 is 0 Å². The Morgan fingerprint density at radius 3 is 2.76 bits per heavy atom. The van der Waals surface area contributed by atoms with Crippen LogP contribution < -0.4 is 10.1 Å². The number of ether oxygens (including phenoxy) is 1. The van der Waals surface area contributed by atoms with Crippen LogP contribution in [-0.4, -0.2) is 22.1 Å². The van der Waals surface area contributed by atoms with Gasteiger partial charge in [0.1, 0.15) is 0 Å². The van der Waals surface area contributed by atoms with Crippen molar-refractivity contribution in [3.63, 3.8) is 0 Å². The number of hydrogen-bond acceptors (Lipinski definition) is 4. The van der Waals surface area contributed by atoms with Gasteiger partial charge in [0.15, 0.2) is 0 Å². The summed E-state index contributed by atoms with van der Waals surface area (Å²) in [6, 6.07) is 2.17. The largest absolute Gasteiger partial charge is 0.475 e. The van der Waals surface area contributed by atoms with E-state index in [1.165, 1.54) is 12.8 Å². The molecule has 0 spiro atoms. The molecule has 4 nitrogen and oxygen atoms in total. The molecule has 1 rings (SSSR count). The van der Waals surface area contributed by atoms with Crippen LogP contribution in [0.4, 0.5) is 5.95 Å². The number of rotatable bonds is 7. The van der Waals surface area contributed by atoms with Gasteiger partial charge in [-0.15, -0.1) is 0 Å². The lowest BCUT2D eigenvalue weighted by atomic mass is 10.1. The Morgan fingerprint density at radius 2 is 2.12 bits per heavy atom. The minimum Gasteiger partial charge on any atom is -0.475 e. The molecular weight excluding hydrogens is 214 g/mol. The first kappa shape index (κ1) is 13.7. The van der Waals surface area contributed by atoms with Crippen LogP contribution in [0.5, 0.6) is 5.88 Å². The monoisotopic (exact) mass is 237 g/mol. The summed E-state index contributed by atoms with van der Waals surface area (Å²) >= 11 is 0. The zero-order valence-corrected chi connectivity index (χ0v) is 11.2. The molecule has 0 aliphatic carbocycles. The Balaban J connectivity index is 2.53. The first-order valence-corrected chi connectivity index (χ1v) is 6.38. The van der Waals surface area contributed by atoms with Gasteiger partial charge in [0.05, 0.1) is 6.10 Å². The number of anilines is 1. The molecular formula is C13H23N3O. The molecule has 1 aromatic heterocycles. The third-order valence-electron chi connectivity index (χ3n) is 2.35. The number of aromatic nitrogens is 2. The molecule has 17 heavy (non-hydrogen) atoms. The van der Waals surface area contributed by atoms with Crippen LogP contribution in [0, 0.1) is 0 Å². The van der Waals surface area contributed by atoms with Crippen molar-refractivity contribution in [1.82, 2.24) is 9.97 Å². The lowest BCUT2D eigenvalue weighted by Gasteiger charge is -2.14. The summed E-state index contributed by atoms with van der Waals surface area (Å²) in [6.07, 6.45) is 5.42. The maximum atomic E-state index is 5.53. The predicted octanol–water partition coefficient (Wildman–Crippen LogP) is 3.25. The van der Waals surface area contributed by atoms with Crippen LogP contribution in [-0.2, 0) is 0 Å². The van der Waals surface area contributed by atoms with Crippen LogP contribution in [0.25, 0.3) is 0 Å². The molecule has 96 valence electrons. The maximum absolute atomic E-state index is 5.53. The molecule has 0 fully saturated rings. The molecule has 1 unspecified atom stereocenters. The summed E-state index contributed by atoms with van der Waals surface area (Å²) in [5, 5.41) is 3.29. The van der Waals surface area contributed by atoms with Crippen molar-refractivity contribution >= 4 is 5.95 Å². The van der Waals surface area contributed by atoms with Gasteiger partial charge in [-0.25, -0.2) is 4.98 Å². The van der Waals surface area contributed by atoms with Crippen molar-refractivity contribution in [3.05, 3.63) is 12.3 Å². The van der Waals surface area contributed by atoms with Crippen LogP contribution in [0.2, 0.25) is 0 Å². The van der Waals surface area contributed by atoms with Crippen LogP contribution >= 0.6 is 0 Å². The molecule has 4 heteroatoms. The summed E-state index contributed by atoms with van der Waals surface area (Å²) in [4.78, 5) is 8.51. The molecule has 0 aliphatic heterocycles. The zero-order chi connectivity index (χ0) is 12.7. The van der Waals surface area contributed by atoms with Gasteiger partial charge >= 0.3 is 0 Å². The van der Waals surface area contributed by atoms with Gasteiger partial charge in [0.2, 0.25) is 11.8 Å². The Bertz CT molecular complexity index is 328. The number of hydrogen-bond donors (Lipinski definition) is 1. The van der Waals surface area contributed by atoms with Gasteiger partial charge in [-0.3, -0.25) is 0 Å². The minimum atomic E-state index is 0.135. The smallest absolute Gasteiger partial charge is 0.226 e. The molecule has 0 bridgehead atoms. The molecule has 0 saturated carbocycles. The van der Waals surface area contributed by atoms with E-state index in [0.29, 0.717) is 17.9 Å². The highest BCUT2D eigenvalue weighted by Crippen LogP contribution is 2.12. The molecule has 1 atom stereocenters. The fourth-order valence-electron chi connectivity index (χ4n) is 1.52. The van der Waals surface area contributed by atoms with Gasteiger partial charge in [0, 0.05) is 18.3 Å². The number of nitrogens with zero attached hydrogens (tertiary/aromatic N) is 2. The van der Waals surface area contributed by atoms with E-state index >= 15 is 0 Å². The summed E-state index contributed by atoms with van der Waals surface area (Å²) in [5.74, 6) is 1.27. The quantitative estimate of drug-likeness (QED) is 0.790. The zero-order valence-electron chi connectivity index (χ0n) is 11.2. The van der Waals surface area contributed by atoms with Gasteiger partial charge in [-0.1, -0.05) is 19.8 Å². The molecule has 1 N–H and O–H groups in total. The van der Waals surface area contributed by atoms with E-state index in [-0.39, 0.29) is 6.10 Å². The highest BCUT2D eigenvalue weighted by molar-refractivity contribution is 5.28. The fourth-order valence-corrected chi connectivity index (χ4v) is 1.52.